The molecule has 23 heavy (non-hydrogen) atoms. The van der Waals surface area contributed by atoms with Crippen LogP contribution in [0.5, 0.6) is 0 Å². The molecule has 122 valence electrons. The number of ether oxygens (including phenoxy) is 1. The fraction of sp³-hybridized carbons (Fsp3) is 0.375. The Morgan fingerprint density at radius 2 is 2.22 bits per heavy atom. The molecule has 1 unspecified atom stereocenters. The van der Waals surface area contributed by atoms with Gasteiger partial charge in [0.1, 0.15) is 0 Å². The summed E-state index contributed by atoms with van der Waals surface area (Å²) in [4.78, 5) is 12.3. The Morgan fingerprint density at radius 1 is 1.39 bits per heavy atom. The van der Waals surface area contributed by atoms with Gasteiger partial charge in [-0.2, -0.15) is 0 Å². The van der Waals surface area contributed by atoms with Crippen molar-refractivity contribution in [3.63, 3.8) is 0 Å². The number of fused-ring (bicyclic) bond motifs is 1. The second kappa shape index (κ2) is 6.97. The number of nitrogens with zero attached hydrogens (tertiary/aromatic N) is 1. The summed E-state index contributed by atoms with van der Waals surface area (Å²) in [5, 5.41) is 4.34. The summed E-state index contributed by atoms with van der Waals surface area (Å²) in [6.07, 6.45) is 4.14. The standard InChI is InChI=1S/C16H20N4O2S/c1-20-10-13(12-6-2-3-7-14(12)20)15(21)18-19-16(23)17-9-11-5-4-8-22-11/h2-3,6-7,10-11H,4-5,8-9H2,1H3,(H,18,21)(H2,17,19,23). The molecule has 1 aromatic heterocycles. The molecule has 2 aromatic rings. The monoisotopic (exact) mass is 332 g/mol. The Labute approximate surface area is 140 Å². The van der Waals surface area contributed by atoms with Crippen molar-refractivity contribution in [2.24, 2.45) is 7.05 Å². The van der Waals surface area contributed by atoms with Gasteiger partial charge in [0.05, 0.1) is 11.7 Å². The molecule has 2 heterocycles. The van der Waals surface area contributed by atoms with E-state index in [0.717, 1.165) is 30.4 Å². The maximum absolute atomic E-state index is 12.3. The molecule has 7 heteroatoms. The number of rotatable bonds is 3. The number of hydrazine groups is 1. The number of hydrogen-bond acceptors (Lipinski definition) is 3. The Kier molecular flexibility index (Phi) is 4.78. The number of aryl methyl sites for hydroxylation is 1. The third-order valence-corrected chi connectivity index (χ3v) is 4.19. The van der Waals surface area contributed by atoms with E-state index in [-0.39, 0.29) is 12.0 Å². The van der Waals surface area contributed by atoms with Gasteiger partial charge in [0.15, 0.2) is 5.11 Å². The van der Waals surface area contributed by atoms with Crippen molar-refractivity contribution in [1.29, 1.82) is 0 Å². The number of para-hydroxylation sites is 1. The molecule has 0 radical (unpaired) electrons. The van der Waals surface area contributed by atoms with Crippen LogP contribution in [0.2, 0.25) is 0 Å². The first-order chi connectivity index (χ1) is 11.1. The second-order valence-corrected chi connectivity index (χ2v) is 6.00. The van der Waals surface area contributed by atoms with Crippen LogP contribution < -0.4 is 16.2 Å². The lowest BCUT2D eigenvalue weighted by Gasteiger charge is -2.14. The summed E-state index contributed by atoms with van der Waals surface area (Å²) in [7, 11) is 1.92. The zero-order valence-corrected chi connectivity index (χ0v) is 13.8. The summed E-state index contributed by atoms with van der Waals surface area (Å²) in [5.41, 5.74) is 6.99. The van der Waals surface area contributed by atoms with E-state index in [4.69, 9.17) is 17.0 Å². The number of aromatic nitrogens is 1. The van der Waals surface area contributed by atoms with Crippen LogP contribution in [0.4, 0.5) is 0 Å². The normalized spacial score (nSPS) is 17.2. The third kappa shape index (κ3) is 3.62. The largest absolute Gasteiger partial charge is 0.376 e. The van der Waals surface area contributed by atoms with Gasteiger partial charge in [-0.15, -0.1) is 0 Å². The van der Waals surface area contributed by atoms with Gasteiger partial charge in [0, 0.05) is 37.3 Å². The van der Waals surface area contributed by atoms with Gasteiger partial charge in [0.2, 0.25) is 0 Å². The predicted octanol–water partition coefficient (Wildman–Crippen LogP) is 1.47. The molecule has 1 aromatic carbocycles. The van der Waals surface area contributed by atoms with Crippen molar-refractivity contribution in [2.75, 3.05) is 13.2 Å². The lowest BCUT2D eigenvalue weighted by molar-refractivity contribution is 0.0944. The smallest absolute Gasteiger partial charge is 0.271 e. The molecule has 3 rings (SSSR count). The van der Waals surface area contributed by atoms with E-state index in [0.29, 0.717) is 17.2 Å². The summed E-state index contributed by atoms with van der Waals surface area (Å²) in [6.45, 7) is 1.46. The fourth-order valence-electron chi connectivity index (χ4n) is 2.76. The zero-order valence-electron chi connectivity index (χ0n) is 13.0. The topological polar surface area (TPSA) is 67.3 Å². The lowest BCUT2D eigenvalue weighted by Crippen LogP contribution is -2.48. The number of carbonyl (C=O) groups excluding carboxylic acids is 1. The highest BCUT2D eigenvalue weighted by Crippen LogP contribution is 2.19. The van der Waals surface area contributed by atoms with Crippen molar-refractivity contribution in [1.82, 2.24) is 20.7 Å². The SMILES string of the molecule is Cn1cc(C(=O)NNC(=S)NCC2CCCO2)c2ccccc21. The van der Waals surface area contributed by atoms with Gasteiger partial charge in [-0.1, -0.05) is 18.2 Å². The van der Waals surface area contributed by atoms with Gasteiger partial charge in [-0.05, 0) is 31.1 Å². The molecule has 1 aliphatic rings. The molecule has 0 spiro atoms. The molecule has 1 aliphatic heterocycles. The molecular weight excluding hydrogens is 312 g/mol. The summed E-state index contributed by atoms with van der Waals surface area (Å²) >= 11 is 5.16. The van der Waals surface area contributed by atoms with Crippen molar-refractivity contribution in [3.8, 4) is 0 Å². The van der Waals surface area contributed by atoms with Crippen LogP contribution in [0.15, 0.2) is 30.5 Å². The van der Waals surface area contributed by atoms with Gasteiger partial charge in [-0.25, -0.2) is 0 Å². The average Bonchev–Trinajstić information content (AvgIpc) is 3.19. The number of amides is 1. The van der Waals surface area contributed by atoms with Crippen molar-refractivity contribution >= 4 is 34.1 Å². The maximum Gasteiger partial charge on any atom is 0.271 e. The molecule has 1 saturated heterocycles. The van der Waals surface area contributed by atoms with Crippen LogP contribution in [0.25, 0.3) is 10.9 Å². The van der Waals surface area contributed by atoms with Crippen LogP contribution in [-0.4, -0.2) is 34.8 Å². The van der Waals surface area contributed by atoms with Gasteiger partial charge < -0.3 is 14.6 Å². The molecular formula is C16H20N4O2S. The third-order valence-electron chi connectivity index (χ3n) is 3.95. The van der Waals surface area contributed by atoms with Crippen LogP contribution in [0.1, 0.15) is 23.2 Å². The van der Waals surface area contributed by atoms with Crippen molar-refractivity contribution in [2.45, 2.75) is 18.9 Å². The highest BCUT2D eigenvalue weighted by Gasteiger charge is 2.16. The minimum Gasteiger partial charge on any atom is -0.376 e. The highest BCUT2D eigenvalue weighted by atomic mass is 32.1. The van der Waals surface area contributed by atoms with Crippen molar-refractivity contribution < 1.29 is 9.53 Å². The van der Waals surface area contributed by atoms with E-state index in [1.54, 1.807) is 0 Å². The van der Waals surface area contributed by atoms with E-state index in [2.05, 4.69) is 16.2 Å². The van der Waals surface area contributed by atoms with Gasteiger partial charge >= 0.3 is 0 Å². The quantitative estimate of drug-likeness (QED) is 0.587. The number of benzene rings is 1. The molecule has 6 nitrogen and oxygen atoms in total. The molecule has 0 aliphatic carbocycles. The minimum absolute atomic E-state index is 0.198. The number of nitrogens with one attached hydrogen (secondary N) is 3. The number of thiocarbonyl (C=S) groups is 1. The lowest BCUT2D eigenvalue weighted by atomic mass is 10.2. The van der Waals surface area contributed by atoms with Crippen LogP contribution in [0.3, 0.4) is 0 Å². The predicted molar refractivity (Wildman–Crippen MR) is 93.1 cm³/mol. The molecule has 3 N–H and O–H groups in total. The first-order valence-corrected chi connectivity index (χ1v) is 8.06. The Bertz CT molecular complexity index is 722. The molecule has 0 saturated carbocycles. The van der Waals surface area contributed by atoms with E-state index in [1.807, 2.05) is 42.1 Å². The number of carbonyl (C=O) groups is 1. The average molecular weight is 332 g/mol. The molecule has 1 atom stereocenters. The first kappa shape index (κ1) is 15.8. The van der Waals surface area contributed by atoms with Crippen LogP contribution in [-0.2, 0) is 11.8 Å². The van der Waals surface area contributed by atoms with E-state index in [9.17, 15) is 4.79 Å². The Balaban J connectivity index is 1.55. The van der Waals surface area contributed by atoms with Gasteiger partial charge in [0.25, 0.3) is 5.91 Å². The van der Waals surface area contributed by atoms with E-state index in [1.165, 1.54) is 0 Å². The minimum atomic E-state index is -0.219. The van der Waals surface area contributed by atoms with E-state index >= 15 is 0 Å². The zero-order chi connectivity index (χ0) is 16.2. The molecule has 1 fully saturated rings. The fourth-order valence-corrected chi connectivity index (χ4v) is 2.89. The molecule has 1 amide bonds. The summed E-state index contributed by atoms with van der Waals surface area (Å²) in [5.74, 6) is -0.219. The number of hydrogen-bond donors (Lipinski definition) is 3. The van der Waals surface area contributed by atoms with E-state index < -0.39 is 0 Å². The summed E-state index contributed by atoms with van der Waals surface area (Å²) in [6, 6.07) is 7.78. The molecule has 0 bridgehead atoms. The van der Waals surface area contributed by atoms with Crippen LogP contribution >= 0.6 is 12.2 Å². The van der Waals surface area contributed by atoms with Crippen molar-refractivity contribution in [3.05, 3.63) is 36.0 Å². The maximum atomic E-state index is 12.3. The highest BCUT2D eigenvalue weighted by molar-refractivity contribution is 7.80. The Hall–Kier alpha value is -2.12. The summed E-state index contributed by atoms with van der Waals surface area (Å²) < 4.78 is 7.44. The van der Waals surface area contributed by atoms with Crippen LogP contribution in [0, 0.1) is 0 Å². The van der Waals surface area contributed by atoms with Gasteiger partial charge in [-0.3, -0.25) is 15.6 Å². The Morgan fingerprint density at radius 3 is 3.00 bits per heavy atom. The first-order valence-electron chi connectivity index (χ1n) is 7.65. The second-order valence-electron chi connectivity index (χ2n) is 5.60.